The van der Waals surface area contributed by atoms with E-state index in [4.69, 9.17) is 4.52 Å². The van der Waals surface area contributed by atoms with Crippen LogP contribution >= 0.6 is 0 Å². The standard InChI is InChI=1S/C12H11F2N3O/c13-9-2-1-7(5-10(9)14)11-16-12(18-17-11)8-3-4-15-6-8/h1-2,5,8,15H,3-4,6H2/t8-/m0/s1. The monoisotopic (exact) mass is 251 g/mol. The Hall–Kier alpha value is -1.82. The summed E-state index contributed by atoms with van der Waals surface area (Å²) in [5.41, 5.74) is 0.412. The SMILES string of the molecule is Fc1ccc(-c2noc([C@H]3CCNC3)n2)cc1F. The van der Waals surface area contributed by atoms with Crippen LogP contribution in [0.3, 0.4) is 0 Å². The fraction of sp³-hybridized carbons (Fsp3) is 0.333. The predicted octanol–water partition coefficient (Wildman–Crippen LogP) is 2.09. The van der Waals surface area contributed by atoms with E-state index in [1.165, 1.54) is 6.07 Å². The molecule has 6 heteroatoms. The largest absolute Gasteiger partial charge is 0.339 e. The van der Waals surface area contributed by atoms with Gasteiger partial charge in [0.2, 0.25) is 11.7 Å². The maximum absolute atomic E-state index is 13.1. The highest BCUT2D eigenvalue weighted by molar-refractivity contribution is 5.54. The summed E-state index contributed by atoms with van der Waals surface area (Å²) >= 11 is 0. The van der Waals surface area contributed by atoms with Gasteiger partial charge in [0.15, 0.2) is 11.6 Å². The minimum Gasteiger partial charge on any atom is -0.339 e. The second kappa shape index (κ2) is 4.45. The van der Waals surface area contributed by atoms with Crippen LogP contribution < -0.4 is 5.32 Å². The first-order valence-electron chi connectivity index (χ1n) is 5.74. The van der Waals surface area contributed by atoms with E-state index < -0.39 is 11.6 Å². The molecule has 0 saturated carbocycles. The molecule has 18 heavy (non-hydrogen) atoms. The van der Waals surface area contributed by atoms with Crippen molar-refractivity contribution < 1.29 is 13.3 Å². The molecule has 0 bridgehead atoms. The minimum absolute atomic E-state index is 0.205. The van der Waals surface area contributed by atoms with Gasteiger partial charge in [-0.25, -0.2) is 8.78 Å². The molecule has 4 nitrogen and oxygen atoms in total. The van der Waals surface area contributed by atoms with Crippen LogP contribution in [0.2, 0.25) is 0 Å². The van der Waals surface area contributed by atoms with E-state index in [2.05, 4.69) is 15.5 Å². The van der Waals surface area contributed by atoms with E-state index in [9.17, 15) is 8.78 Å². The second-order valence-corrected chi connectivity index (χ2v) is 4.27. The number of benzene rings is 1. The van der Waals surface area contributed by atoms with Crippen molar-refractivity contribution in [1.29, 1.82) is 0 Å². The van der Waals surface area contributed by atoms with Crippen LogP contribution in [0.1, 0.15) is 18.2 Å². The maximum atomic E-state index is 13.1. The Kier molecular flexibility index (Phi) is 2.79. The molecule has 0 unspecified atom stereocenters. The molecule has 1 fully saturated rings. The van der Waals surface area contributed by atoms with Gasteiger partial charge in [-0.15, -0.1) is 0 Å². The molecule has 1 N–H and O–H groups in total. The molecule has 0 amide bonds. The van der Waals surface area contributed by atoms with E-state index in [1.54, 1.807) is 0 Å². The molecule has 0 spiro atoms. The lowest BCUT2D eigenvalue weighted by atomic mass is 10.1. The van der Waals surface area contributed by atoms with Crippen molar-refractivity contribution in [2.45, 2.75) is 12.3 Å². The molecule has 1 aromatic carbocycles. The Morgan fingerprint density at radius 1 is 1.28 bits per heavy atom. The van der Waals surface area contributed by atoms with Gasteiger partial charge in [0.25, 0.3) is 0 Å². The third-order valence-corrected chi connectivity index (χ3v) is 3.03. The first kappa shape index (κ1) is 11.3. The summed E-state index contributed by atoms with van der Waals surface area (Å²) in [7, 11) is 0. The number of aromatic nitrogens is 2. The number of rotatable bonds is 2. The molecule has 1 aliphatic rings. The Labute approximate surface area is 102 Å². The normalized spacial score (nSPS) is 19.3. The molecular formula is C12H11F2N3O. The van der Waals surface area contributed by atoms with Crippen molar-refractivity contribution in [3.63, 3.8) is 0 Å². The molecule has 3 rings (SSSR count). The number of nitrogens with zero attached hydrogens (tertiary/aromatic N) is 2. The van der Waals surface area contributed by atoms with E-state index in [-0.39, 0.29) is 11.7 Å². The van der Waals surface area contributed by atoms with Crippen molar-refractivity contribution in [2.24, 2.45) is 0 Å². The van der Waals surface area contributed by atoms with E-state index in [0.29, 0.717) is 11.5 Å². The summed E-state index contributed by atoms with van der Waals surface area (Å²) in [4.78, 5) is 4.23. The predicted molar refractivity (Wildman–Crippen MR) is 59.9 cm³/mol. The van der Waals surface area contributed by atoms with Gasteiger partial charge in [0.1, 0.15) is 0 Å². The lowest BCUT2D eigenvalue weighted by molar-refractivity contribution is 0.359. The Morgan fingerprint density at radius 2 is 2.17 bits per heavy atom. The van der Waals surface area contributed by atoms with Gasteiger partial charge >= 0.3 is 0 Å². The molecular weight excluding hydrogens is 240 g/mol. The Bertz CT molecular complexity index is 564. The van der Waals surface area contributed by atoms with Crippen LogP contribution in [0.4, 0.5) is 8.78 Å². The van der Waals surface area contributed by atoms with Gasteiger partial charge in [-0.2, -0.15) is 4.98 Å². The third kappa shape index (κ3) is 1.99. The fourth-order valence-electron chi connectivity index (χ4n) is 2.02. The number of hydrogen-bond acceptors (Lipinski definition) is 4. The van der Waals surface area contributed by atoms with Gasteiger partial charge in [-0.3, -0.25) is 0 Å². The third-order valence-electron chi connectivity index (χ3n) is 3.03. The summed E-state index contributed by atoms with van der Waals surface area (Å²) in [6.45, 7) is 1.73. The first-order valence-corrected chi connectivity index (χ1v) is 5.74. The zero-order chi connectivity index (χ0) is 12.5. The molecule has 94 valence electrons. The lowest BCUT2D eigenvalue weighted by Gasteiger charge is -1.98. The van der Waals surface area contributed by atoms with Gasteiger partial charge < -0.3 is 9.84 Å². The summed E-state index contributed by atoms with van der Waals surface area (Å²) in [6, 6.07) is 3.55. The average Bonchev–Trinajstić information content (AvgIpc) is 3.01. The Balaban J connectivity index is 1.89. The van der Waals surface area contributed by atoms with Gasteiger partial charge in [-0.05, 0) is 31.2 Å². The zero-order valence-electron chi connectivity index (χ0n) is 9.49. The van der Waals surface area contributed by atoms with Crippen molar-refractivity contribution in [1.82, 2.24) is 15.5 Å². The highest BCUT2D eigenvalue weighted by Crippen LogP contribution is 2.24. The van der Waals surface area contributed by atoms with Crippen LogP contribution in [0, 0.1) is 11.6 Å². The summed E-state index contributed by atoms with van der Waals surface area (Å²) in [5.74, 6) is -0.768. The van der Waals surface area contributed by atoms with Crippen LogP contribution in [0.5, 0.6) is 0 Å². The zero-order valence-corrected chi connectivity index (χ0v) is 9.49. The molecule has 0 aliphatic carbocycles. The topological polar surface area (TPSA) is 51.0 Å². The molecule has 0 radical (unpaired) electrons. The number of hydrogen-bond donors (Lipinski definition) is 1. The maximum Gasteiger partial charge on any atom is 0.231 e. The van der Waals surface area contributed by atoms with Crippen molar-refractivity contribution in [3.05, 3.63) is 35.7 Å². The van der Waals surface area contributed by atoms with E-state index in [0.717, 1.165) is 31.6 Å². The van der Waals surface area contributed by atoms with E-state index >= 15 is 0 Å². The van der Waals surface area contributed by atoms with Crippen LogP contribution in [0.25, 0.3) is 11.4 Å². The summed E-state index contributed by atoms with van der Waals surface area (Å²) in [6.07, 6.45) is 0.944. The number of halogens is 2. The van der Waals surface area contributed by atoms with Crippen LogP contribution in [-0.2, 0) is 0 Å². The Morgan fingerprint density at radius 3 is 2.89 bits per heavy atom. The molecule has 1 aromatic heterocycles. The second-order valence-electron chi connectivity index (χ2n) is 4.27. The van der Waals surface area contributed by atoms with Gasteiger partial charge in [-0.1, -0.05) is 5.16 Å². The quantitative estimate of drug-likeness (QED) is 0.888. The number of nitrogens with one attached hydrogen (secondary N) is 1. The molecule has 1 aliphatic heterocycles. The van der Waals surface area contributed by atoms with Crippen LogP contribution in [-0.4, -0.2) is 23.2 Å². The van der Waals surface area contributed by atoms with Crippen molar-refractivity contribution >= 4 is 0 Å². The van der Waals surface area contributed by atoms with Gasteiger partial charge in [0, 0.05) is 12.1 Å². The molecule has 2 heterocycles. The molecule has 2 aromatic rings. The summed E-state index contributed by atoms with van der Waals surface area (Å²) < 4.78 is 31.1. The van der Waals surface area contributed by atoms with Crippen molar-refractivity contribution in [3.8, 4) is 11.4 Å². The van der Waals surface area contributed by atoms with Crippen LogP contribution in [0.15, 0.2) is 22.7 Å². The first-order chi connectivity index (χ1) is 8.74. The highest BCUT2D eigenvalue weighted by Gasteiger charge is 2.23. The van der Waals surface area contributed by atoms with E-state index in [1.807, 2.05) is 0 Å². The van der Waals surface area contributed by atoms with Gasteiger partial charge in [0.05, 0.1) is 5.92 Å². The lowest BCUT2D eigenvalue weighted by Crippen LogP contribution is -2.08. The van der Waals surface area contributed by atoms with Crippen molar-refractivity contribution in [2.75, 3.05) is 13.1 Å². The molecule has 1 atom stereocenters. The smallest absolute Gasteiger partial charge is 0.231 e. The highest BCUT2D eigenvalue weighted by atomic mass is 19.2. The summed E-state index contributed by atoms with van der Waals surface area (Å²) in [5, 5.41) is 7.00. The molecule has 1 saturated heterocycles. The minimum atomic E-state index is -0.915. The average molecular weight is 251 g/mol. The fourth-order valence-corrected chi connectivity index (χ4v) is 2.02.